The topological polar surface area (TPSA) is 110 Å². The van der Waals surface area contributed by atoms with Crippen molar-refractivity contribution >= 4 is 23.4 Å². The average molecular weight is 499 g/mol. The molecule has 3 amide bonds. The molecular weight excluding hydrogens is 464 g/mol. The molecule has 1 N–H and O–H groups in total. The van der Waals surface area contributed by atoms with Crippen molar-refractivity contribution in [1.82, 2.24) is 14.8 Å². The van der Waals surface area contributed by atoms with Crippen LogP contribution in [0.3, 0.4) is 0 Å². The summed E-state index contributed by atoms with van der Waals surface area (Å²) in [4.78, 5) is 46.2. The first-order valence-corrected chi connectivity index (χ1v) is 11.8. The number of amides is 3. The Kier molecular flexibility index (Phi) is 9.38. The zero-order chi connectivity index (χ0) is 26.2. The van der Waals surface area contributed by atoms with Crippen LogP contribution >= 0.6 is 0 Å². The van der Waals surface area contributed by atoms with Crippen LogP contribution in [0.5, 0.6) is 5.75 Å². The maximum Gasteiger partial charge on any atom is 0.257 e. The summed E-state index contributed by atoms with van der Waals surface area (Å²) in [6.07, 6.45) is 2.86. The van der Waals surface area contributed by atoms with Gasteiger partial charge in [0.25, 0.3) is 11.8 Å². The second-order valence-electron chi connectivity index (χ2n) is 8.99. The van der Waals surface area contributed by atoms with E-state index >= 15 is 0 Å². The molecule has 10 nitrogen and oxygen atoms in total. The van der Waals surface area contributed by atoms with E-state index < -0.39 is 0 Å². The molecule has 0 unspecified atom stereocenters. The number of aromatic nitrogens is 1. The van der Waals surface area contributed by atoms with Crippen molar-refractivity contribution in [1.29, 1.82) is 0 Å². The maximum absolute atomic E-state index is 13.4. The number of ether oxygens (including phenoxy) is 3. The van der Waals surface area contributed by atoms with Crippen molar-refractivity contribution in [3.05, 3.63) is 53.9 Å². The predicted octanol–water partition coefficient (Wildman–Crippen LogP) is 2.31. The minimum Gasteiger partial charge on any atom is -0.491 e. The number of rotatable bonds is 5. The smallest absolute Gasteiger partial charge is 0.257 e. The van der Waals surface area contributed by atoms with E-state index in [2.05, 4.69) is 10.3 Å². The van der Waals surface area contributed by atoms with Crippen molar-refractivity contribution in [3.63, 3.8) is 0 Å². The minimum absolute atomic E-state index is 0.0770. The van der Waals surface area contributed by atoms with Gasteiger partial charge in [-0.15, -0.1) is 0 Å². The van der Waals surface area contributed by atoms with E-state index in [1.54, 1.807) is 66.7 Å². The monoisotopic (exact) mass is 498 g/mol. The summed E-state index contributed by atoms with van der Waals surface area (Å²) >= 11 is 0. The molecule has 0 radical (unpaired) electrons. The van der Waals surface area contributed by atoms with Crippen molar-refractivity contribution in [2.75, 3.05) is 52.9 Å². The molecule has 3 rings (SSSR count). The summed E-state index contributed by atoms with van der Waals surface area (Å²) in [5.74, 6) is -0.470. The maximum atomic E-state index is 13.4. The molecule has 1 aromatic heterocycles. The Bertz CT molecular complexity index is 1060. The highest BCUT2D eigenvalue weighted by molar-refractivity contribution is 5.99. The quantitative estimate of drug-likeness (QED) is 0.674. The molecule has 3 atom stereocenters. The van der Waals surface area contributed by atoms with Crippen LogP contribution in [0.4, 0.5) is 5.69 Å². The molecule has 2 heterocycles. The molecule has 10 heteroatoms. The Morgan fingerprint density at radius 2 is 1.97 bits per heavy atom. The lowest BCUT2D eigenvalue weighted by Crippen LogP contribution is -2.48. The summed E-state index contributed by atoms with van der Waals surface area (Å²) in [5, 5.41) is 2.72. The fraction of sp³-hybridized carbons (Fsp3) is 0.462. The normalized spacial score (nSPS) is 21.0. The number of nitrogens with one attached hydrogen (secondary N) is 1. The Labute approximate surface area is 211 Å². The number of hydrogen-bond donors (Lipinski definition) is 1. The van der Waals surface area contributed by atoms with Crippen LogP contribution < -0.4 is 10.1 Å². The highest BCUT2D eigenvalue weighted by Crippen LogP contribution is 2.27. The third-order valence-corrected chi connectivity index (χ3v) is 6.17. The van der Waals surface area contributed by atoms with Crippen molar-refractivity contribution < 1.29 is 28.6 Å². The summed E-state index contributed by atoms with van der Waals surface area (Å²) in [6, 6.07) is 8.05. The molecule has 0 spiro atoms. The summed E-state index contributed by atoms with van der Waals surface area (Å²) in [5.41, 5.74) is 1.24. The number of nitrogens with zero attached hydrogens (tertiary/aromatic N) is 3. The lowest BCUT2D eigenvalue weighted by atomic mass is 10.0. The van der Waals surface area contributed by atoms with Crippen molar-refractivity contribution in [2.24, 2.45) is 5.92 Å². The van der Waals surface area contributed by atoms with Crippen LogP contribution in [-0.4, -0.2) is 92.2 Å². The van der Waals surface area contributed by atoms with E-state index in [1.165, 1.54) is 7.11 Å². The van der Waals surface area contributed by atoms with E-state index in [-0.39, 0.29) is 49.0 Å². The molecule has 0 bridgehead atoms. The number of carbonyl (C=O) groups is 3. The van der Waals surface area contributed by atoms with E-state index in [0.717, 1.165) is 0 Å². The number of anilines is 1. The number of pyridine rings is 1. The molecule has 194 valence electrons. The molecule has 0 fully saturated rings. The van der Waals surface area contributed by atoms with Gasteiger partial charge in [0.05, 0.1) is 23.3 Å². The molecule has 36 heavy (non-hydrogen) atoms. The minimum atomic E-state index is -0.334. The molecule has 1 aliphatic heterocycles. The van der Waals surface area contributed by atoms with Gasteiger partial charge in [0.1, 0.15) is 19.0 Å². The molecule has 1 aliphatic rings. The first kappa shape index (κ1) is 27.1. The molecule has 0 aliphatic carbocycles. The van der Waals surface area contributed by atoms with E-state index in [4.69, 9.17) is 14.2 Å². The van der Waals surface area contributed by atoms with Gasteiger partial charge in [-0.2, -0.15) is 0 Å². The van der Waals surface area contributed by atoms with Gasteiger partial charge in [0.15, 0.2) is 0 Å². The first-order valence-electron chi connectivity index (χ1n) is 11.8. The third-order valence-electron chi connectivity index (χ3n) is 6.17. The van der Waals surface area contributed by atoms with Gasteiger partial charge in [0, 0.05) is 58.4 Å². The van der Waals surface area contributed by atoms with E-state index in [0.29, 0.717) is 35.7 Å². The van der Waals surface area contributed by atoms with Crippen LogP contribution in [0.2, 0.25) is 0 Å². The summed E-state index contributed by atoms with van der Waals surface area (Å²) in [6.45, 7) is 4.67. The number of carbonyl (C=O) groups excluding carboxylic acids is 3. The van der Waals surface area contributed by atoms with Crippen LogP contribution in [0.1, 0.15) is 34.6 Å². The standard InChI is InChI=1S/C26H34N4O6/c1-17-13-30(25(32)19-7-6-10-27-12-19)18(2)15-36-22-9-8-20(28-24(31)16-34-4)11-21(22)26(33)29(3)14-23(17)35-5/h6-12,17-18,23H,13-16H2,1-5H3,(H,28,31)/t17-,18-,23-/m0/s1. The molecular formula is C26H34N4O6. The number of likely N-dealkylation sites (N-methyl/N-ethyl adjacent to an activating group) is 1. The largest absolute Gasteiger partial charge is 0.491 e. The number of fused-ring (bicyclic) bond motifs is 1. The van der Waals surface area contributed by atoms with Crippen LogP contribution in [0.15, 0.2) is 42.7 Å². The predicted molar refractivity (Wildman–Crippen MR) is 134 cm³/mol. The van der Waals surface area contributed by atoms with Gasteiger partial charge in [0.2, 0.25) is 5.91 Å². The Hall–Kier alpha value is -3.50. The van der Waals surface area contributed by atoms with Gasteiger partial charge in [-0.3, -0.25) is 19.4 Å². The number of benzene rings is 1. The fourth-order valence-corrected chi connectivity index (χ4v) is 4.12. The van der Waals surface area contributed by atoms with Crippen LogP contribution in [0.25, 0.3) is 0 Å². The van der Waals surface area contributed by atoms with Crippen LogP contribution in [0, 0.1) is 5.92 Å². The fourth-order valence-electron chi connectivity index (χ4n) is 4.12. The molecule has 0 saturated carbocycles. The average Bonchev–Trinajstić information content (AvgIpc) is 2.88. The summed E-state index contributed by atoms with van der Waals surface area (Å²) in [7, 11) is 4.72. The number of methoxy groups -OCH3 is 2. The Morgan fingerprint density at radius 3 is 2.64 bits per heavy atom. The van der Waals surface area contributed by atoms with Gasteiger partial charge >= 0.3 is 0 Å². The van der Waals surface area contributed by atoms with E-state index in [1.807, 2.05) is 13.8 Å². The van der Waals surface area contributed by atoms with Crippen molar-refractivity contribution in [3.8, 4) is 5.75 Å². The Morgan fingerprint density at radius 1 is 1.19 bits per heavy atom. The Balaban J connectivity index is 1.96. The van der Waals surface area contributed by atoms with E-state index in [9.17, 15) is 14.4 Å². The zero-order valence-electron chi connectivity index (χ0n) is 21.4. The van der Waals surface area contributed by atoms with Crippen molar-refractivity contribution in [2.45, 2.75) is 26.0 Å². The second kappa shape index (κ2) is 12.5. The van der Waals surface area contributed by atoms with Crippen LogP contribution in [-0.2, 0) is 14.3 Å². The lowest BCUT2D eigenvalue weighted by Gasteiger charge is -2.36. The highest BCUT2D eigenvalue weighted by Gasteiger charge is 2.31. The number of hydrogen-bond acceptors (Lipinski definition) is 7. The first-order chi connectivity index (χ1) is 17.2. The second-order valence-corrected chi connectivity index (χ2v) is 8.99. The van der Waals surface area contributed by atoms with Gasteiger partial charge < -0.3 is 29.3 Å². The van der Waals surface area contributed by atoms with Gasteiger partial charge in [-0.1, -0.05) is 6.92 Å². The highest BCUT2D eigenvalue weighted by atomic mass is 16.5. The molecule has 1 aromatic carbocycles. The SMILES string of the molecule is COCC(=O)Nc1ccc2c(c1)C(=O)N(C)C[C@H](OC)[C@@H](C)CN(C(=O)c1cccnc1)[C@@H](C)CO2. The zero-order valence-corrected chi connectivity index (χ0v) is 21.4. The third kappa shape index (κ3) is 6.58. The summed E-state index contributed by atoms with van der Waals surface area (Å²) < 4.78 is 16.7. The van der Waals surface area contributed by atoms with Gasteiger partial charge in [-0.05, 0) is 37.3 Å². The van der Waals surface area contributed by atoms with Gasteiger partial charge in [-0.25, -0.2) is 0 Å². The molecule has 2 aromatic rings. The molecule has 0 saturated heterocycles. The lowest BCUT2D eigenvalue weighted by molar-refractivity contribution is -0.119.